The van der Waals surface area contributed by atoms with Gasteiger partial charge >= 0.3 is 5.97 Å². The molecule has 0 aliphatic carbocycles. The van der Waals surface area contributed by atoms with Crippen molar-refractivity contribution in [2.45, 2.75) is 19.4 Å². The Hall–Kier alpha value is -3.41. The van der Waals surface area contributed by atoms with Gasteiger partial charge in [0, 0.05) is 18.7 Å². The molecule has 1 aliphatic heterocycles. The maximum atomic E-state index is 12.3. The van der Waals surface area contributed by atoms with E-state index in [-0.39, 0.29) is 11.8 Å². The molecule has 0 saturated carbocycles. The van der Waals surface area contributed by atoms with Crippen LogP contribution in [0.3, 0.4) is 0 Å². The van der Waals surface area contributed by atoms with E-state index < -0.39 is 5.97 Å². The van der Waals surface area contributed by atoms with Gasteiger partial charge in [-0.05, 0) is 54.0 Å². The van der Waals surface area contributed by atoms with E-state index in [9.17, 15) is 14.4 Å². The Morgan fingerprint density at radius 2 is 1.92 bits per heavy atom. The van der Waals surface area contributed by atoms with Gasteiger partial charge in [-0.2, -0.15) is 0 Å². The molecule has 2 N–H and O–H groups in total. The molecule has 2 amide bonds. The van der Waals surface area contributed by atoms with Gasteiger partial charge in [0.25, 0.3) is 0 Å². The van der Waals surface area contributed by atoms with E-state index >= 15 is 0 Å². The highest BCUT2D eigenvalue weighted by Crippen LogP contribution is 2.27. The molecule has 0 atom stereocenters. The first-order chi connectivity index (χ1) is 12.5. The van der Waals surface area contributed by atoms with E-state index in [0.29, 0.717) is 30.7 Å². The molecule has 0 saturated heterocycles. The van der Waals surface area contributed by atoms with Crippen LogP contribution < -0.4 is 15.4 Å². The molecule has 1 heterocycles. The van der Waals surface area contributed by atoms with Gasteiger partial charge in [-0.1, -0.05) is 18.7 Å². The summed E-state index contributed by atoms with van der Waals surface area (Å²) in [7, 11) is 0. The van der Waals surface area contributed by atoms with Gasteiger partial charge in [-0.25, -0.2) is 4.79 Å². The summed E-state index contributed by atoms with van der Waals surface area (Å²) in [6.45, 7) is 3.74. The van der Waals surface area contributed by atoms with Crippen LogP contribution in [0.15, 0.2) is 55.1 Å². The molecular weight excluding hydrogens is 332 g/mol. The number of ether oxygens (including phenoxy) is 1. The smallest absolute Gasteiger partial charge is 0.343 e. The fraction of sp³-hybridized carbons (Fsp3) is 0.150. The molecule has 132 valence electrons. The highest BCUT2D eigenvalue weighted by Gasteiger charge is 2.16. The maximum Gasteiger partial charge on any atom is 0.343 e. The first-order valence-corrected chi connectivity index (χ1v) is 8.19. The van der Waals surface area contributed by atoms with E-state index in [1.54, 1.807) is 42.5 Å². The fourth-order valence-corrected chi connectivity index (χ4v) is 2.61. The second-order valence-electron chi connectivity index (χ2n) is 5.88. The number of aryl methyl sites for hydroxylation is 1. The Bertz CT molecular complexity index is 872. The monoisotopic (exact) mass is 350 g/mol. The number of carbonyl (C=O) groups excluding carboxylic acids is 3. The minimum Gasteiger partial charge on any atom is -0.423 e. The zero-order valence-corrected chi connectivity index (χ0v) is 14.1. The topological polar surface area (TPSA) is 84.5 Å². The van der Waals surface area contributed by atoms with Crippen molar-refractivity contribution >= 4 is 23.5 Å². The fourth-order valence-electron chi connectivity index (χ4n) is 2.61. The number of nitrogens with one attached hydrogen (secondary N) is 2. The van der Waals surface area contributed by atoms with Crippen LogP contribution in [0.25, 0.3) is 0 Å². The second-order valence-corrected chi connectivity index (χ2v) is 5.88. The molecule has 0 aromatic heterocycles. The Morgan fingerprint density at radius 3 is 2.65 bits per heavy atom. The Morgan fingerprint density at radius 1 is 1.15 bits per heavy atom. The third-order valence-corrected chi connectivity index (χ3v) is 4.02. The summed E-state index contributed by atoms with van der Waals surface area (Å²) in [6, 6.07) is 12.0. The largest absolute Gasteiger partial charge is 0.423 e. The number of benzene rings is 2. The van der Waals surface area contributed by atoms with Crippen molar-refractivity contribution in [3.05, 3.63) is 71.8 Å². The number of amides is 2. The van der Waals surface area contributed by atoms with Gasteiger partial charge in [0.15, 0.2) is 0 Å². The van der Waals surface area contributed by atoms with Crippen LogP contribution in [0.5, 0.6) is 5.75 Å². The highest BCUT2D eigenvalue weighted by atomic mass is 16.5. The summed E-state index contributed by atoms with van der Waals surface area (Å²) < 4.78 is 5.41. The molecule has 0 bridgehead atoms. The van der Waals surface area contributed by atoms with Crippen molar-refractivity contribution in [2.24, 2.45) is 0 Å². The van der Waals surface area contributed by atoms with E-state index in [2.05, 4.69) is 17.2 Å². The highest BCUT2D eigenvalue weighted by molar-refractivity contribution is 5.94. The third-order valence-electron chi connectivity index (χ3n) is 4.02. The summed E-state index contributed by atoms with van der Waals surface area (Å²) in [6.07, 6.45) is 2.25. The molecule has 6 heteroatoms. The van der Waals surface area contributed by atoms with Gasteiger partial charge in [-0.3, -0.25) is 9.59 Å². The first-order valence-electron chi connectivity index (χ1n) is 8.19. The number of hydrogen-bond donors (Lipinski definition) is 2. The van der Waals surface area contributed by atoms with Gasteiger partial charge in [0.1, 0.15) is 5.75 Å². The van der Waals surface area contributed by atoms with Crippen LogP contribution in [-0.4, -0.2) is 17.8 Å². The standard InChI is InChI=1S/C20H18N2O4/c1-2-18(23)21-12-13-3-5-14(6-4-13)20(25)26-16-8-9-17-15(11-16)7-10-19(24)22-17/h2-6,8-9,11H,1,7,10,12H2,(H,21,23)(H,22,24). The lowest BCUT2D eigenvalue weighted by molar-refractivity contribution is -0.117. The molecule has 0 fully saturated rings. The number of rotatable bonds is 5. The van der Waals surface area contributed by atoms with Gasteiger partial charge in [0.05, 0.1) is 5.56 Å². The lowest BCUT2D eigenvalue weighted by Gasteiger charge is -2.17. The molecule has 3 rings (SSSR count). The average Bonchev–Trinajstić information content (AvgIpc) is 2.66. The summed E-state index contributed by atoms with van der Waals surface area (Å²) in [5.41, 5.74) is 2.98. The van der Waals surface area contributed by atoms with Crippen LogP contribution in [0, 0.1) is 0 Å². The average molecular weight is 350 g/mol. The van der Waals surface area contributed by atoms with Crippen LogP contribution >= 0.6 is 0 Å². The van der Waals surface area contributed by atoms with Gasteiger partial charge in [0.2, 0.25) is 11.8 Å². The summed E-state index contributed by atoms with van der Waals surface area (Å²) in [4.78, 5) is 34.8. The normalized spacial score (nSPS) is 12.5. The third kappa shape index (κ3) is 4.16. The van der Waals surface area contributed by atoms with Crippen LogP contribution in [0.4, 0.5) is 5.69 Å². The van der Waals surface area contributed by atoms with Crippen molar-refractivity contribution in [3.63, 3.8) is 0 Å². The number of anilines is 1. The zero-order valence-electron chi connectivity index (χ0n) is 14.1. The minimum absolute atomic E-state index is 0.00776. The molecular formula is C20H18N2O4. The number of fused-ring (bicyclic) bond motifs is 1. The van der Waals surface area contributed by atoms with Crippen molar-refractivity contribution in [3.8, 4) is 5.75 Å². The molecule has 26 heavy (non-hydrogen) atoms. The van der Waals surface area contributed by atoms with E-state index in [0.717, 1.165) is 16.8 Å². The maximum absolute atomic E-state index is 12.3. The minimum atomic E-state index is -0.466. The van der Waals surface area contributed by atoms with Crippen LogP contribution in [-0.2, 0) is 22.6 Å². The molecule has 0 spiro atoms. The Balaban J connectivity index is 1.64. The molecule has 0 radical (unpaired) electrons. The van der Waals surface area contributed by atoms with Crippen molar-refractivity contribution in [1.82, 2.24) is 5.32 Å². The van der Waals surface area contributed by atoms with Gasteiger partial charge < -0.3 is 15.4 Å². The SMILES string of the molecule is C=CC(=O)NCc1ccc(C(=O)Oc2ccc3c(c2)CCC(=O)N3)cc1. The van der Waals surface area contributed by atoms with Crippen molar-refractivity contribution in [1.29, 1.82) is 0 Å². The Labute approximate surface area is 150 Å². The van der Waals surface area contributed by atoms with Crippen molar-refractivity contribution < 1.29 is 19.1 Å². The van der Waals surface area contributed by atoms with Crippen LogP contribution in [0.2, 0.25) is 0 Å². The molecule has 6 nitrogen and oxygen atoms in total. The lowest BCUT2D eigenvalue weighted by Crippen LogP contribution is -2.20. The predicted octanol–water partition coefficient (Wildman–Crippen LogP) is 2.59. The Kier molecular flexibility index (Phi) is 5.12. The summed E-state index contributed by atoms with van der Waals surface area (Å²) in [5, 5.41) is 5.45. The number of carbonyl (C=O) groups is 3. The molecule has 2 aromatic rings. The second kappa shape index (κ2) is 7.65. The predicted molar refractivity (Wildman–Crippen MR) is 96.8 cm³/mol. The van der Waals surface area contributed by atoms with E-state index in [4.69, 9.17) is 4.74 Å². The van der Waals surface area contributed by atoms with E-state index in [1.165, 1.54) is 6.08 Å². The lowest BCUT2D eigenvalue weighted by atomic mass is 10.0. The summed E-state index contributed by atoms with van der Waals surface area (Å²) >= 11 is 0. The molecule has 1 aliphatic rings. The summed E-state index contributed by atoms with van der Waals surface area (Å²) in [5.74, 6) is -0.289. The van der Waals surface area contributed by atoms with E-state index in [1.807, 2.05) is 0 Å². The van der Waals surface area contributed by atoms with Crippen LogP contribution in [0.1, 0.15) is 27.9 Å². The van der Waals surface area contributed by atoms with Gasteiger partial charge in [-0.15, -0.1) is 0 Å². The number of hydrogen-bond acceptors (Lipinski definition) is 4. The molecule has 0 unspecified atom stereocenters. The zero-order chi connectivity index (χ0) is 18.5. The molecule has 2 aromatic carbocycles. The number of esters is 1. The van der Waals surface area contributed by atoms with Crippen molar-refractivity contribution in [2.75, 3.05) is 5.32 Å². The first kappa shape index (κ1) is 17.4. The quantitative estimate of drug-likeness (QED) is 0.493.